The van der Waals surface area contributed by atoms with Gasteiger partial charge in [0.15, 0.2) is 5.75 Å². The first-order valence-corrected chi connectivity index (χ1v) is 5.79. The van der Waals surface area contributed by atoms with Crippen LogP contribution >= 0.6 is 15.9 Å². The summed E-state index contributed by atoms with van der Waals surface area (Å²) in [6.45, 7) is 0. The first-order chi connectivity index (χ1) is 8.41. The Balaban J connectivity index is 3.30. The first-order valence-electron chi connectivity index (χ1n) is 4.66. The fourth-order valence-corrected chi connectivity index (χ4v) is 1.67. The summed E-state index contributed by atoms with van der Waals surface area (Å²) in [6, 6.07) is 3.05. The van der Waals surface area contributed by atoms with Crippen LogP contribution in [0.4, 0.5) is 13.2 Å². The molecule has 0 spiro atoms. The number of aromatic nitrogens is 1. The van der Waals surface area contributed by atoms with Crippen LogP contribution in [0.15, 0.2) is 6.07 Å². The van der Waals surface area contributed by atoms with Crippen molar-refractivity contribution in [3.05, 3.63) is 17.3 Å². The van der Waals surface area contributed by atoms with Crippen molar-refractivity contribution < 1.29 is 22.6 Å². The lowest BCUT2D eigenvalue weighted by molar-refractivity contribution is -0.275. The van der Waals surface area contributed by atoms with Crippen LogP contribution < -0.4 is 9.47 Å². The van der Waals surface area contributed by atoms with Crippen LogP contribution in [-0.2, 0) is 11.8 Å². The van der Waals surface area contributed by atoms with E-state index in [1.807, 2.05) is 0 Å². The molecule has 98 valence electrons. The van der Waals surface area contributed by atoms with E-state index in [4.69, 9.17) is 10.00 Å². The number of methoxy groups -OCH3 is 1. The van der Waals surface area contributed by atoms with Crippen LogP contribution in [0, 0.1) is 11.3 Å². The molecular weight excluding hydrogens is 317 g/mol. The number of alkyl halides is 4. The third kappa shape index (κ3) is 3.77. The van der Waals surface area contributed by atoms with Gasteiger partial charge in [-0.3, -0.25) is 0 Å². The van der Waals surface area contributed by atoms with Crippen molar-refractivity contribution in [1.82, 2.24) is 4.98 Å². The lowest BCUT2D eigenvalue weighted by atomic mass is 10.2. The molecule has 0 unspecified atom stereocenters. The summed E-state index contributed by atoms with van der Waals surface area (Å²) in [5.41, 5.74) is 0.105. The Morgan fingerprint density at radius 3 is 2.61 bits per heavy atom. The topological polar surface area (TPSA) is 55.1 Å². The highest BCUT2D eigenvalue weighted by molar-refractivity contribution is 9.08. The smallest absolute Gasteiger partial charge is 0.481 e. The molecule has 0 amide bonds. The highest BCUT2D eigenvalue weighted by Crippen LogP contribution is 2.33. The summed E-state index contributed by atoms with van der Waals surface area (Å²) in [6.07, 6.45) is -5.14. The zero-order valence-corrected chi connectivity index (χ0v) is 10.8. The van der Waals surface area contributed by atoms with Crippen molar-refractivity contribution in [2.45, 2.75) is 18.1 Å². The third-order valence-corrected chi connectivity index (χ3v) is 2.52. The normalized spacial score (nSPS) is 10.9. The number of nitrogens with zero attached hydrogens (tertiary/aromatic N) is 2. The van der Waals surface area contributed by atoms with Gasteiger partial charge in [-0.15, -0.1) is 13.2 Å². The van der Waals surface area contributed by atoms with Crippen molar-refractivity contribution in [3.8, 4) is 17.7 Å². The Morgan fingerprint density at radius 1 is 1.50 bits per heavy atom. The minimum Gasteiger partial charge on any atom is -0.481 e. The second-order valence-electron chi connectivity index (χ2n) is 3.12. The van der Waals surface area contributed by atoms with E-state index in [1.54, 1.807) is 6.07 Å². The van der Waals surface area contributed by atoms with E-state index >= 15 is 0 Å². The van der Waals surface area contributed by atoms with Gasteiger partial charge in [0.25, 0.3) is 0 Å². The molecule has 0 aliphatic rings. The molecule has 1 aromatic heterocycles. The lowest BCUT2D eigenvalue weighted by Gasteiger charge is -2.15. The first kappa shape index (κ1) is 14.6. The minimum atomic E-state index is -4.84. The molecule has 0 N–H and O–H groups in total. The van der Waals surface area contributed by atoms with Gasteiger partial charge in [0.1, 0.15) is 5.69 Å². The SMILES string of the molecule is COc1cc(CBr)c(OC(F)(F)F)c(CC#N)n1. The van der Waals surface area contributed by atoms with Crippen molar-refractivity contribution in [3.63, 3.8) is 0 Å². The summed E-state index contributed by atoms with van der Waals surface area (Å²) in [7, 11) is 1.33. The van der Waals surface area contributed by atoms with Gasteiger partial charge in [-0.05, 0) is 0 Å². The number of hydrogen-bond donors (Lipinski definition) is 0. The maximum Gasteiger partial charge on any atom is 0.573 e. The number of ether oxygens (including phenoxy) is 2. The fourth-order valence-electron chi connectivity index (χ4n) is 1.25. The van der Waals surface area contributed by atoms with E-state index < -0.39 is 12.1 Å². The van der Waals surface area contributed by atoms with E-state index in [0.717, 1.165) is 0 Å². The molecule has 4 nitrogen and oxygen atoms in total. The number of pyridine rings is 1. The van der Waals surface area contributed by atoms with Gasteiger partial charge in [-0.2, -0.15) is 5.26 Å². The van der Waals surface area contributed by atoms with Crippen molar-refractivity contribution in [2.75, 3.05) is 7.11 Å². The summed E-state index contributed by atoms with van der Waals surface area (Å²) >= 11 is 3.05. The van der Waals surface area contributed by atoms with E-state index in [9.17, 15) is 13.2 Å². The van der Waals surface area contributed by atoms with Crippen molar-refractivity contribution >= 4 is 15.9 Å². The summed E-state index contributed by atoms with van der Waals surface area (Å²) in [5, 5.41) is 8.71. The van der Waals surface area contributed by atoms with Gasteiger partial charge in [0, 0.05) is 17.0 Å². The number of rotatable bonds is 4. The Bertz CT molecular complexity index is 471. The third-order valence-electron chi connectivity index (χ3n) is 1.91. The van der Waals surface area contributed by atoms with Gasteiger partial charge in [0.05, 0.1) is 19.6 Å². The van der Waals surface area contributed by atoms with E-state index in [2.05, 4.69) is 25.7 Å². The standard InChI is InChI=1S/C10H8BrF3N2O2/c1-17-8-4-6(5-11)9(18-10(12,13)14)7(16-8)2-3-15/h4H,2,5H2,1H3. The molecular formula is C10H8BrF3N2O2. The molecule has 0 aromatic carbocycles. The average Bonchev–Trinajstić information content (AvgIpc) is 2.29. The molecule has 0 aliphatic carbocycles. The molecule has 0 bridgehead atoms. The average molecular weight is 325 g/mol. The highest BCUT2D eigenvalue weighted by atomic mass is 79.9. The van der Waals surface area contributed by atoms with Crippen molar-refractivity contribution in [1.29, 1.82) is 5.26 Å². The van der Waals surface area contributed by atoms with Crippen molar-refractivity contribution in [2.24, 2.45) is 0 Å². The van der Waals surface area contributed by atoms with Gasteiger partial charge >= 0.3 is 6.36 Å². The van der Waals surface area contributed by atoms with Gasteiger partial charge in [-0.1, -0.05) is 15.9 Å². The molecule has 0 radical (unpaired) electrons. The predicted octanol–water partition coefficient (Wildman–Crippen LogP) is 2.95. The van der Waals surface area contributed by atoms with Crippen LogP contribution in [-0.4, -0.2) is 18.5 Å². The molecule has 1 heterocycles. The lowest BCUT2D eigenvalue weighted by Crippen LogP contribution is -2.19. The van der Waals surface area contributed by atoms with E-state index in [-0.39, 0.29) is 28.9 Å². The molecule has 18 heavy (non-hydrogen) atoms. The number of halogens is 4. The van der Waals surface area contributed by atoms with Crippen LogP contribution in [0.3, 0.4) is 0 Å². The molecule has 1 rings (SSSR count). The number of hydrogen-bond acceptors (Lipinski definition) is 4. The Labute approximate surface area is 109 Å². The maximum atomic E-state index is 12.3. The highest BCUT2D eigenvalue weighted by Gasteiger charge is 2.33. The summed E-state index contributed by atoms with van der Waals surface area (Å²) < 4.78 is 45.6. The molecule has 0 saturated carbocycles. The van der Waals surface area contributed by atoms with E-state index in [0.29, 0.717) is 0 Å². The molecule has 1 aromatic rings. The number of nitriles is 1. The Morgan fingerprint density at radius 2 is 2.17 bits per heavy atom. The second-order valence-corrected chi connectivity index (χ2v) is 3.68. The van der Waals surface area contributed by atoms with Crippen LogP contribution in [0.5, 0.6) is 11.6 Å². The molecule has 0 saturated heterocycles. The second kappa shape index (κ2) is 5.91. The summed E-state index contributed by atoms with van der Waals surface area (Å²) in [5.74, 6) is -0.328. The monoisotopic (exact) mass is 324 g/mol. The Kier molecular flexibility index (Phi) is 4.78. The largest absolute Gasteiger partial charge is 0.573 e. The summed E-state index contributed by atoms with van der Waals surface area (Å²) in [4.78, 5) is 3.78. The Hall–Kier alpha value is -1.49. The van der Waals surface area contributed by atoms with Gasteiger partial charge < -0.3 is 9.47 Å². The van der Waals surface area contributed by atoms with Crippen LogP contribution in [0.25, 0.3) is 0 Å². The van der Waals surface area contributed by atoms with Crippen LogP contribution in [0.2, 0.25) is 0 Å². The van der Waals surface area contributed by atoms with Crippen LogP contribution in [0.1, 0.15) is 11.3 Å². The molecule has 0 aliphatic heterocycles. The fraction of sp³-hybridized carbons (Fsp3) is 0.400. The molecule has 0 fully saturated rings. The minimum absolute atomic E-state index is 0.108. The molecule has 0 atom stereocenters. The molecule has 8 heteroatoms. The van der Waals surface area contributed by atoms with E-state index in [1.165, 1.54) is 13.2 Å². The zero-order chi connectivity index (χ0) is 13.8. The quantitative estimate of drug-likeness (QED) is 0.799. The zero-order valence-electron chi connectivity index (χ0n) is 9.21. The van der Waals surface area contributed by atoms with Gasteiger partial charge in [0.2, 0.25) is 5.88 Å². The maximum absolute atomic E-state index is 12.3. The predicted molar refractivity (Wildman–Crippen MR) is 59.4 cm³/mol. The van der Waals surface area contributed by atoms with Gasteiger partial charge in [-0.25, -0.2) is 4.98 Å².